The van der Waals surface area contributed by atoms with Crippen LogP contribution in [0.3, 0.4) is 0 Å². The standard InChI is InChI=1S/C54H37NO/c1-53(2)44-20-7-5-17-40(44)42-29-27-38(32-48(42)53)55(37-26-25-34-13-3-4-14-36(34)31-37)39-28-30-51-49(33-39)54(46-22-9-10-24-50(46)56-51)45-21-8-6-18-41(45)43-19-11-15-35-16-12-23-47(54)52(35)43/h3-33H,1-2H3. The summed E-state index contributed by atoms with van der Waals surface area (Å²) < 4.78 is 6.91. The normalized spacial score (nSPS) is 16.4. The van der Waals surface area contributed by atoms with Crippen LogP contribution in [0.1, 0.15) is 47.2 Å². The van der Waals surface area contributed by atoms with Crippen molar-refractivity contribution in [2.75, 3.05) is 4.90 Å². The number of rotatable bonds is 3. The zero-order chi connectivity index (χ0) is 37.2. The second kappa shape index (κ2) is 11.3. The first-order valence-corrected chi connectivity index (χ1v) is 19.6. The average Bonchev–Trinajstić information content (AvgIpc) is 3.48. The Kier molecular flexibility index (Phi) is 6.36. The predicted molar refractivity (Wildman–Crippen MR) is 231 cm³/mol. The van der Waals surface area contributed by atoms with Crippen LogP contribution in [0.25, 0.3) is 43.8 Å². The molecule has 1 aliphatic heterocycles. The van der Waals surface area contributed by atoms with Crippen molar-refractivity contribution in [2.45, 2.75) is 24.7 Å². The molecule has 3 aliphatic rings. The highest BCUT2D eigenvalue weighted by Gasteiger charge is 2.49. The van der Waals surface area contributed by atoms with E-state index in [0.717, 1.165) is 39.7 Å². The van der Waals surface area contributed by atoms with Crippen LogP contribution in [0.4, 0.5) is 17.1 Å². The minimum absolute atomic E-state index is 0.133. The van der Waals surface area contributed by atoms with Crippen molar-refractivity contribution in [3.05, 3.63) is 221 Å². The molecule has 0 amide bonds. The topological polar surface area (TPSA) is 12.5 Å². The molecule has 0 fully saturated rings. The Bertz CT molecular complexity index is 3110. The summed E-state index contributed by atoms with van der Waals surface area (Å²) >= 11 is 0. The summed E-state index contributed by atoms with van der Waals surface area (Å²) in [5.41, 5.74) is 15.3. The summed E-state index contributed by atoms with van der Waals surface area (Å²) in [5, 5.41) is 4.98. The maximum atomic E-state index is 6.91. The van der Waals surface area contributed by atoms with E-state index in [1.807, 2.05) is 0 Å². The van der Waals surface area contributed by atoms with Gasteiger partial charge in [0.2, 0.25) is 0 Å². The Morgan fingerprint density at radius 2 is 0.893 bits per heavy atom. The van der Waals surface area contributed by atoms with Crippen molar-refractivity contribution in [2.24, 2.45) is 0 Å². The molecule has 0 saturated carbocycles. The summed E-state index contributed by atoms with van der Waals surface area (Å²) in [6.07, 6.45) is 0. The predicted octanol–water partition coefficient (Wildman–Crippen LogP) is 14.2. The van der Waals surface area contributed by atoms with Crippen LogP contribution in [0.15, 0.2) is 188 Å². The molecule has 264 valence electrons. The Morgan fingerprint density at radius 3 is 1.73 bits per heavy atom. The monoisotopic (exact) mass is 715 g/mol. The molecule has 2 aliphatic carbocycles. The molecule has 1 heterocycles. The lowest BCUT2D eigenvalue weighted by Gasteiger charge is -2.45. The molecule has 1 spiro atoms. The molecule has 56 heavy (non-hydrogen) atoms. The second-order valence-corrected chi connectivity index (χ2v) is 16.1. The molecule has 9 aromatic carbocycles. The molecule has 1 unspecified atom stereocenters. The summed E-state index contributed by atoms with van der Waals surface area (Å²) in [6.45, 7) is 4.72. The van der Waals surface area contributed by atoms with Gasteiger partial charge in [0.15, 0.2) is 0 Å². The highest BCUT2D eigenvalue weighted by Crippen LogP contribution is 2.62. The van der Waals surface area contributed by atoms with Gasteiger partial charge in [-0.05, 0) is 115 Å². The largest absolute Gasteiger partial charge is 0.457 e. The molecule has 0 radical (unpaired) electrons. The number of anilines is 3. The van der Waals surface area contributed by atoms with Gasteiger partial charge in [0, 0.05) is 33.6 Å². The van der Waals surface area contributed by atoms with Crippen molar-refractivity contribution < 1.29 is 4.74 Å². The maximum Gasteiger partial charge on any atom is 0.132 e. The highest BCUT2D eigenvalue weighted by molar-refractivity contribution is 6.05. The molecule has 2 nitrogen and oxygen atoms in total. The Morgan fingerprint density at radius 1 is 0.357 bits per heavy atom. The average molecular weight is 716 g/mol. The zero-order valence-electron chi connectivity index (χ0n) is 31.3. The van der Waals surface area contributed by atoms with E-state index in [4.69, 9.17) is 4.74 Å². The van der Waals surface area contributed by atoms with Crippen LogP contribution in [0.2, 0.25) is 0 Å². The molecule has 12 rings (SSSR count). The van der Waals surface area contributed by atoms with Crippen LogP contribution in [-0.4, -0.2) is 0 Å². The van der Waals surface area contributed by atoms with Gasteiger partial charge in [-0.15, -0.1) is 0 Å². The molecule has 0 N–H and O–H groups in total. The number of fused-ring (bicyclic) bond motifs is 12. The SMILES string of the molecule is CC1(C)c2ccccc2-c2ccc(N(c3ccc4c(c3)C3(c5ccccc5O4)c4ccccc4-c4cccc5cccc3c45)c3ccc4ccccc4c3)cc21. The quantitative estimate of drug-likeness (QED) is 0.181. The first-order chi connectivity index (χ1) is 27.5. The van der Waals surface area contributed by atoms with E-state index in [9.17, 15) is 0 Å². The molecule has 0 bridgehead atoms. The van der Waals surface area contributed by atoms with Crippen LogP contribution in [-0.2, 0) is 10.8 Å². The van der Waals surface area contributed by atoms with E-state index < -0.39 is 5.41 Å². The summed E-state index contributed by atoms with van der Waals surface area (Å²) in [6, 6.07) is 69.5. The third kappa shape index (κ3) is 4.11. The van der Waals surface area contributed by atoms with Gasteiger partial charge < -0.3 is 9.64 Å². The Labute approximate surface area is 326 Å². The molecule has 0 aromatic heterocycles. The van der Waals surface area contributed by atoms with Crippen LogP contribution < -0.4 is 9.64 Å². The lowest BCUT2D eigenvalue weighted by molar-refractivity contribution is 0.435. The van der Waals surface area contributed by atoms with Gasteiger partial charge in [0.05, 0.1) is 5.41 Å². The van der Waals surface area contributed by atoms with Crippen LogP contribution in [0.5, 0.6) is 11.5 Å². The van der Waals surface area contributed by atoms with E-state index in [0.29, 0.717) is 0 Å². The fourth-order valence-electron chi connectivity index (χ4n) is 10.4. The third-order valence-corrected chi connectivity index (χ3v) is 12.9. The minimum Gasteiger partial charge on any atom is -0.457 e. The fraction of sp³-hybridized carbons (Fsp3) is 0.0741. The number of nitrogens with zero attached hydrogens (tertiary/aromatic N) is 1. The van der Waals surface area contributed by atoms with Gasteiger partial charge in [-0.2, -0.15) is 0 Å². The third-order valence-electron chi connectivity index (χ3n) is 12.9. The molecular weight excluding hydrogens is 679 g/mol. The van der Waals surface area contributed by atoms with E-state index in [1.165, 1.54) is 66.1 Å². The first kappa shape index (κ1) is 31.5. The van der Waals surface area contributed by atoms with Gasteiger partial charge in [0.1, 0.15) is 11.5 Å². The molecule has 0 saturated heterocycles. The lowest BCUT2D eigenvalue weighted by Crippen LogP contribution is -2.36. The highest BCUT2D eigenvalue weighted by atomic mass is 16.5. The van der Waals surface area contributed by atoms with Crippen molar-refractivity contribution in [3.63, 3.8) is 0 Å². The first-order valence-electron chi connectivity index (χ1n) is 19.6. The van der Waals surface area contributed by atoms with Crippen molar-refractivity contribution in [3.8, 4) is 33.8 Å². The minimum atomic E-state index is -0.624. The second-order valence-electron chi connectivity index (χ2n) is 16.1. The molecule has 1 atom stereocenters. The Balaban J connectivity index is 1.16. The van der Waals surface area contributed by atoms with E-state index in [1.54, 1.807) is 0 Å². The molecule has 9 aromatic rings. The summed E-state index contributed by atoms with van der Waals surface area (Å²) in [4.78, 5) is 2.45. The van der Waals surface area contributed by atoms with Gasteiger partial charge in [-0.1, -0.05) is 153 Å². The Hall–Kier alpha value is -6.90. The smallest absolute Gasteiger partial charge is 0.132 e. The van der Waals surface area contributed by atoms with Gasteiger partial charge in [-0.25, -0.2) is 0 Å². The van der Waals surface area contributed by atoms with Gasteiger partial charge in [0.25, 0.3) is 0 Å². The number of hydrogen-bond donors (Lipinski definition) is 0. The van der Waals surface area contributed by atoms with E-state index in [2.05, 4.69) is 207 Å². The molecule has 2 heteroatoms. The zero-order valence-corrected chi connectivity index (χ0v) is 31.3. The van der Waals surface area contributed by atoms with Crippen molar-refractivity contribution >= 4 is 38.6 Å². The maximum absolute atomic E-state index is 6.91. The van der Waals surface area contributed by atoms with E-state index in [-0.39, 0.29) is 5.41 Å². The summed E-state index contributed by atoms with van der Waals surface area (Å²) in [7, 11) is 0. The molecular formula is C54H37NO. The number of hydrogen-bond acceptors (Lipinski definition) is 2. The van der Waals surface area contributed by atoms with Gasteiger partial charge >= 0.3 is 0 Å². The van der Waals surface area contributed by atoms with E-state index >= 15 is 0 Å². The van der Waals surface area contributed by atoms with Gasteiger partial charge in [-0.3, -0.25) is 0 Å². The number of para-hydroxylation sites is 1. The fourth-order valence-corrected chi connectivity index (χ4v) is 10.4. The van der Waals surface area contributed by atoms with Crippen LogP contribution >= 0.6 is 0 Å². The number of benzene rings is 9. The number of ether oxygens (including phenoxy) is 1. The van der Waals surface area contributed by atoms with Crippen molar-refractivity contribution in [1.29, 1.82) is 0 Å². The van der Waals surface area contributed by atoms with Crippen LogP contribution in [0, 0.1) is 0 Å². The van der Waals surface area contributed by atoms with Crippen molar-refractivity contribution in [1.82, 2.24) is 0 Å². The summed E-state index contributed by atoms with van der Waals surface area (Å²) in [5.74, 6) is 1.77. The lowest BCUT2D eigenvalue weighted by atomic mass is 9.58.